The quantitative estimate of drug-likeness (QED) is 0.274. The van der Waals surface area contributed by atoms with E-state index in [2.05, 4.69) is 71.0 Å². The van der Waals surface area contributed by atoms with Crippen molar-refractivity contribution in [1.29, 1.82) is 0 Å². The fourth-order valence-electron chi connectivity index (χ4n) is 3.46. The van der Waals surface area contributed by atoms with Crippen LogP contribution in [-0.4, -0.2) is 11.9 Å². The Labute approximate surface area is 178 Å². The summed E-state index contributed by atoms with van der Waals surface area (Å²) in [6.45, 7) is 11.1. The number of rotatable bonds is 11. The summed E-state index contributed by atoms with van der Waals surface area (Å²) in [5.74, 6) is 0. The zero-order valence-electron chi connectivity index (χ0n) is 19.1. The standard InChI is InChI=1S/C27H38N2/c1-6-11-12-13-25(29-27-18-23(9-4)15-24(10-5)19-27)20-28-26-16-21(7-2)14-22(8-3)17-26/h14-20H,6-13H2,1-5H3. The van der Waals surface area contributed by atoms with Crippen molar-refractivity contribution in [1.82, 2.24) is 0 Å². The Balaban J connectivity index is 2.35. The van der Waals surface area contributed by atoms with Crippen LogP contribution in [0.15, 0.2) is 46.4 Å². The smallest absolute Gasteiger partial charge is 0.0639 e. The van der Waals surface area contributed by atoms with E-state index in [1.165, 1.54) is 35.1 Å². The lowest BCUT2D eigenvalue weighted by Crippen LogP contribution is -2.00. The Morgan fingerprint density at radius 2 is 1.14 bits per heavy atom. The van der Waals surface area contributed by atoms with E-state index < -0.39 is 0 Å². The van der Waals surface area contributed by atoms with Gasteiger partial charge in [0.05, 0.1) is 17.1 Å². The molecule has 0 saturated carbocycles. The molecule has 0 aliphatic heterocycles. The molecule has 0 unspecified atom stereocenters. The lowest BCUT2D eigenvalue weighted by Gasteiger charge is -2.07. The molecular formula is C27H38N2. The summed E-state index contributed by atoms with van der Waals surface area (Å²) in [5.41, 5.74) is 8.60. The van der Waals surface area contributed by atoms with Crippen molar-refractivity contribution in [2.75, 3.05) is 0 Å². The van der Waals surface area contributed by atoms with Crippen LogP contribution in [0.4, 0.5) is 11.4 Å². The van der Waals surface area contributed by atoms with Crippen molar-refractivity contribution in [3.05, 3.63) is 58.7 Å². The third-order valence-corrected chi connectivity index (χ3v) is 5.38. The predicted octanol–water partition coefficient (Wildman–Crippen LogP) is 7.99. The average molecular weight is 391 g/mol. The molecule has 2 heteroatoms. The van der Waals surface area contributed by atoms with Crippen LogP contribution >= 0.6 is 0 Å². The maximum Gasteiger partial charge on any atom is 0.0639 e. The number of aryl methyl sites for hydroxylation is 4. The predicted molar refractivity (Wildman–Crippen MR) is 130 cm³/mol. The van der Waals surface area contributed by atoms with Gasteiger partial charge in [-0.05, 0) is 85.0 Å². The Kier molecular flexibility index (Phi) is 9.83. The number of unbranched alkanes of at least 4 members (excludes halogenated alkanes) is 2. The zero-order valence-corrected chi connectivity index (χ0v) is 19.1. The van der Waals surface area contributed by atoms with Gasteiger partial charge < -0.3 is 0 Å². The molecule has 0 fully saturated rings. The van der Waals surface area contributed by atoms with Crippen LogP contribution in [0.1, 0.15) is 82.6 Å². The van der Waals surface area contributed by atoms with Crippen LogP contribution in [0.2, 0.25) is 0 Å². The van der Waals surface area contributed by atoms with Crippen molar-refractivity contribution in [3.8, 4) is 0 Å². The summed E-state index contributed by atoms with van der Waals surface area (Å²) in [5, 5.41) is 0. The Morgan fingerprint density at radius 3 is 1.59 bits per heavy atom. The second kappa shape index (κ2) is 12.4. The molecular weight excluding hydrogens is 352 g/mol. The Morgan fingerprint density at radius 1 is 0.655 bits per heavy atom. The highest BCUT2D eigenvalue weighted by Gasteiger charge is 2.03. The molecule has 0 aliphatic rings. The highest BCUT2D eigenvalue weighted by molar-refractivity contribution is 6.31. The molecule has 29 heavy (non-hydrogen) atoms. The number of aliphatic imine (C=N–C) groups is 2. The van der Waals surface area contributed by atoms with Gasteiger partial charge in [-0.2, -0.15) is 0 Å². The van der Waals surface area contributed by atoms with E-state index in [-0.39, 0.29) is 0 Å². The van der Waals surface area contributed by atoms with Crippen LogP contribution < -0.4 is 0 Å². The number of hydrogen-bond acceptors (Lipinski definition) is 2. The summed E-state index contributed by atoms with van der Waals surface area (Å²) in [6, 6.07) is 13.4. The lowest BCUT2D eigenvalue weighted by atomic mass is 10.1. The first kappa shape index (κ1) is 23.1. The molecule has 0 bridgehead atoms. The summed E-state index contributed by atoms with van der Waals surface area (Å²) < 4.78 is 0. The van der Waals surface area contributed by atoms with Gasteiger partial charge in [0.25, 0.3) is 0 Å². The number of nitrogens with zero attached hydrogens (tertiary/aromatic N) is 2. The minimum atomic E-state index is 0.975. The molecule has 0 aromatic heterocycles. The maximum absolute atomic E-state index is 5.02. The number of benzene rings is 2. The molecule has 2 aromatic carbocycles. The second-order valence-corrected chi connectivity index (χ2v) is 7.75. The van der Waals surface area contributed by atoms with Gasteiger partial charge in [0, 0.05) is 6.21 Å². The number of hydrogen-bond donors (Lipinski definition) is 0. The molecule has 0 radical (unpaired) electrons. The van der Waals surface area contributed by atoms with Crippen molar-refractivity contribution >= 4 is 23.3 Å². The fourth-order valence-corrected chi connectivity index (χ4v) is 3.46. The van der Waals surface area contributed by atoms with Crippen LogP contribution in [0.3, 0.4) is 0 Å². The first-order valence-electron chi connectivity index (χ1n) is 11.5. The summed E-state index contributed by atoms with van der Waals surface area (Å²) in [4.78, 5) is 9.84. The van der Waals surface area contributed by atoms with Gasteiger partial charge in [-0.1, -0.05) is 59.6 Å². The molecule has 0 saturated heterocycles. The third kappa shape index (κ3) is 7.61. The molecule has 0 atom stereocenters. The fraction of sp³-hybridized carbons (Fsp3) is 0.481. The van der Waals surface area contributed by atoms with Crippen LogP contribution in [0.25, 0.3) is 0 Å². The van der Waals surface area contributed by atoms with E-state index in [1.807, 2.05) is 6.21 Å². The molecule has 2 rings (SSSR count). The van der Waals surface area contributed by atoms with Gasteiger partial charge in [0.1, 0.15) is 0 Å². The summed E-state index contributed by atoms with van der Waals surface area (Å²) in [7, 11) is 0. The van der Waals surface area contributed by atoms with E-state index in [0.717, 1.165) is 55.6 Å². The van der Waals surface area contributed by atoms with Crippen LogP contribution in [0, 0.1) is 0 Å². The normalized spacial score (nSPS) is 12.1. The monoisotopic (exact) mass is 390 g/mol. The summed E-state index contributed by atoms with van der Waals surface area (Å²) in [6.07, 6.45) is 10.7. The van der Waals surface area contributed by atoms with E-state index in [9.17, 15) is 0 Å². The Bertz CT molecular complexity index is 786. The molecule has 0 heterocycles. The third-order valence-electron chi connectivity index (χ3n) is 5.38. The van der Waals surface area contributed by atoms with Gasteiger partial charge in [0.2, 0.25) is 0 Å². The maximum atomic E-state index is 5.02. The van der Waals surface area contributed by atoms with Crippen molar-refractivity contribution in [2.45, 2.75) is 86.0 Å². The first-order chi connectivity index (χ1) is 14.1. The highest BCUT2D eigenvalue weighted by Crippen LogP contribution is 2.21. The molecule has 2 aromatic rings. The van der Waals surface area contributed by atoms with Gasteiger partial charge in [-0.25, -0.2) is 0 Å². The Hall–Kier alpha value is -2.22. The average Bonchev–Trinajstić information content (AvgIpc) is 2.76. The second-order valence-electron chi connectivity index (χ2n) is 7.75. The van der Waals surface area contributed by atoms with Crippen LogP contribution in [0.5, 0.6) is 0 Å². The van der Waals surface area contributed by atoms with Gasteiger partial charge in [0.15, 0.2) is 0 Å². The molecule has 2 nitrogen and oxygen atoms in total. The van der Waals surface area contributed by atoms with Crippen molar-refractivity contribution in [2.24, 2.45) is 9.98 Å². The highest BCUT2D eigenvalue weighted by atomic mass is 14.8. The summed E-state index contributed by atoms with van der Waals surface area (Å²) >= 11 is 0. The van der Waals surface area contributed by atoms with Crippen LogP contribution in [-0.2, 0) is 25.7 Å². The zero-order chi connectivity index (χ0) is 21.1. The first-order valence-corrected chi connectivity index (χ1v) is 11.5. The lowest BCUT2D eigenvalue weighted by molar-refractivity contribution is 0.744. The topological polar surface area (TPSA) is 24.7 Å². The van der Waals surface area contributed by atoms with E-state index in [1.54, 1.807) is 0 Å². The largest absolute Gasteiger partial charge is 0.255 e. The molecule has 0 amide bonds. The van der Waals surface area contributed by atoms with Gasteiger partial charge >= 0.3 is 0 Å². The SMILES string of the molecule is CCCCCC(C=Nc1cc(CC)cc(CC)c1)=Nc1cc(CC)cc(CC)c1. The minimum absolute atomic E-state index is 0.975. The molecule has 156 valence electrons. The van der Waals surface area contributed by atoms with E-state index in [0.29, 0.717) is 0 Å². The van der Waals surface area contributed by atoms with Gasteiger partial charge in [-0.15, -0.1) is 0 Å². The molecule has 0 spiro atoms. The van der Waals surface area contributed by atoms with Gasteiger partial charge in [-0.3, -0.25) is 9.98 Å². The molecule has 0 aliphatic carbocycles. The van der Waals surface area contributed by atoms with E-state index >= 15 is 0 Å². The van der Waals surface area contributed by atoms with Crippen molar-refractivity contribution in [3.63, 3.8) is 0 Å². The van der Waals surface area contributed by atoms with E-state index in [4.69, 9.17) is 9.98 Å². The minimum Gasteiger partial charge on any atom is -0.255 e. The molecule has 0 N–H and O–H groups in total. The van der Waals surface area contributed by atoms with Crippen molar-refractivity contribution < 1.29 is 0 Å².